The molecule has 0 saturated heterocycles. The van der Waals surface area contributed by atoms with Crippen LogP contribution in [0.3, 0.4) is 0 Å². The third-order valence-corrected chi connectivity index (χ3v) is 15.2. The Morgan fingerprint density at radius 3 is 0.969 bits per heavy atom. The molecule has 0 aliphatic rings. The van der Waals surface area contributed by atoms with E-state index in [1.807, 2.05) is 0 Å². The van der Waals surface area contributed by atoms with Crippen LogP contribution in [0.25, 0.3) is 0 Å². The van der Waals surface area contributed by atoms with E-state index in [1.54, 1.807) is 0 Å². The van der Waals surface area contributed by atoms with Crippen LogP contribution in [-0.2, 0) is 8.98 Å². The van der Waals surface area contributed by atoms with Gasteiger partial charge in [0.05, 0.1) is 46.5 Å². The first-order valence-electron chi connectivity index (χ1n) is 29.5. The molecule has 0 aliphatic carbocycles. The normalized spacial score (nSPS) is 12.2. The number of unbranched alkanes of at least 4 members (excludes halogenated alkanes) is 40. The molecule has 0 radical (unpaired) electrons. The maximum atomic E-state index is 12.8. The molecule has 65 heavy (non-hydrogen) atoms. The topological polar surface area (TPSA) is 78.8 Å². The van der Waals surface area contributed by atoms with Gasteiger partial charge < -0.3 is 24.2 Å². The number of carbonyl (C=O) groups is 1. The van der Waals surface area contributed by atoms with Gasteiger partial charge in [-0.1, -0.05) is 265 Å². The van der Waals surface area contributed by atoms with Crippen molar-refractivity contribution in [2.75, 3.05) is 52.3 Å². The molecular formula is C58H119N2O4S+. The molecule has 0 spiro atoms. The van der Waals surface area contributed by atoms with Gasteiger partial charge in [0.2, 0.25) is 5.91 Å². The number of aliphatic hydroxyl groups excluding tert-OH is 2. The van der Waals surface area contributed by atoms with Gasteiger partial charge in [-0.15, -0.1) is 0 Å². The van der Waals surface area contributed by atoms with Crippen LogP contribution in [0.4, 0.5) is 0 Å². The van der Waals surface area contributed by atoms with Crippen molar-refractivity contribution >= 4 is 17.9 Å². The molecule has 1 amide bonds. The number of hydrogen-bond acceptors (Lipinski definition) is 5. The van der Waals surface area contributed by atoms with Gasteiger partial charge in [-0.05, 0) is 44.1 Å². The average molecular weight is 941 g/mol. The summed E-state index contributed by atoms with van der Waals surface area (Å²) in [6, 6.07) is 0. The monoisotopic (exact) mass is 940 g/mol. The first-order valence-corrected chi connectivity index (χ1v) is 30.4. The molecule has 6 nitrogen and oxygen atoms in total. The van der Waals surface area contributed by atoms with Crippen molar-refractivity contribution in [2.24, 2.45) is 0 Å². The lowest BCUT2D eigenvalue weighted by molar-refractivity contribution is -0.910. The van der Waals surface area contributed by atoms with Crippen LogP contribution >= 0.6 is 12.0 Å². The fraction of sp³-hybridized carbons (Fsp3) is 0.983. The average Bonchev–Trinajstić information content (AvgIpc) is 3.31. The lowest BCUT2D eigenvalue weighted by atomic mass is 10.0. The van der Waals surface area contributed by atoms with Crippen molar-refractivity contribution in [3.05, 3.63) is 0 Å². The van der Waals surface area contributed by atoms with E-state index in [4.69, 9.17) is 4.18 Å². The quantitative estimate of drug-likeness (QED) is 0.0322. The second-order valence-corrected chi connectivity index (χ2v) is 22.1. The Morgan fingerprint density at radius 1 is 0.415 bits per heavy atom. The molecule has 0 rings (SSSR count). The van der Waals surface area contributed by atoms with Crippen molar-refractivity contribution in [1.29, 1.82) is 0 Å². The van der Waals surface area contributed by atoms with Crippen LogP contribution in [0.2, 0.25) is 0 Å². The molecule has 0 bridgehead atoms. The van der Waals surface area contributed by atoms with Gasteiger partial charge in [-0.2, -0.15) is 0 Å². The maximum Gasteiger partial charge on any atom is 0.220 e. The summed E-state index contributed by atoms with van der Waals surface area (Å²) in [5.41, 5.74) is -1.13. The molecule has 0 aromatic rings. The molecule has 3 N–H and O–H groups in total. The minimum absolute atomic E-state index is 0.103. The highest BCUT2D eigenvalue weighted by Crippen LogP contribution is 2.20. The van der Waals surface area contributed by atoms with Crippen molar-refractivity contribution in [2.45, 2.75) is 315 Å². The standard InChI is InChI=1S/C58H118N2O4S/c1-5-8-11-14-17-20-23-25-27-29-31-34-37-40-43-46-50-60(4,51-47-44-41-38-35-32-30-28-26-24-21-18-15-12-9-6-2)52-48-53-65-64-56-58(54-61,55-62)59-57(63)49-45-42-39-36-33-22-19-16-13-10-7-3/h61-62H,5-56H2,1-4H3/p+1. The number of amides is 1. The zero-order chi connectivity index (χ0) is 47.5. The number of nitrogens with one attached hydrogen (secondary N) is 1. The fourth-order valence-corrected chi connectivity index (χ4v) is 10.4. The van der Waals surface area contributed by atoms with Crippen LogP contribution in [0.1, 0.15) is 310 Å². The summed E-state index contributed by atoms with van der Waals surface area (Å²) in [7, 11) is 2.50. The molecule has 0 heterocycles. The molecule has 0 aromatic heterocycles. The van der Waals surface area contributed by atoms with E-state index < -0.39 is 5.54 Å². The minimum Gasteiger partial charge on any atom is -0.394 e. The summed E-state index contributed by atoms with van der Waals surface area (Å²) in [5.74, 6) is 0.777. The van der Waals surface area contributed by atoms with Gasteiger partial charge in [0.15, 0.2) is 0 Å². The molecule has 0 aliphatic heterocycles. The number of rotatable bonds is 56. The van der Waals surface area contributed by atoms with Crippen molar-refractivity contribution < 1.29 is 23.7 Å². The van der Waals surface area contributed by atoms with E-state index in [1.165, 1.54) is 288 Å². The van der Waals surface area contributed by atoms with Crippen LogP contribution < -0.4 is 5.32 Å². The Hall–Kier alpha value is -0.340. The van der Waals surface area contributed by atoms with Gasteiger partial charge in [-0.25, -0.2) is 0 Å². The Balaban J connectivity index is 4.50. The van der Waals surface area contributed by atoms with E-state index in [0.29, 0.717) is 6.42 Å². The third-order valence-electron chi connectivity index (χ3n) is 14.5. The van der Waals surface area contributed by atoms with Gasteiger partial charge in [-0.3, -0.25) is 4.79 Å². The van der Waals surface area contributed by atoms with Crippen LogP contribution in [0.15, 0.2) is 0 Å². The highest BCUT2D eigenvalue weighted by Gasteiger charge is 2.31. The molecular weight excluding hydrogens is 821 g/mol. The van der Waals surface area contributed by atoms with E-state index in [0.717, 1.165) is 36.0 Å². The second-order valence-electron chi connectivity index (χ2n) is 21.3. The Bertz CT molecular complexity index is 897. The molecule has 0 atom stereocenters. The largest absolute Gasteiger partial charge is 0.394 e. The molecule has 0 unspecified atom stereocenters. The lowest BCUT2D eigenvalue weighted by Crippen LogP contribution is -2.57. The number of quaternary nitrogens is 1. The highest BCUT2D eigenvalue weighted by atomic mass is 32.2. The fourth-order valence-electron chi connectivity index (χ4n) is 9.70. The Kier molecular flexibility index (Phi) is 51.2. The van der Waals surface area contributed by atoms with E-state index in [2.05, 4.69) is 33.1 Å². The predicted molar refractivity (Wildman–Crippen MR) is 289 cm³/mol. The smallest absolute Gasteiger partial charge is 0.220 e. The predicted octanol–water partition coefficient (Wildman–Crippen LogP) is 17.6. The van der Waals surface area contributed by atoms with E-state index >= 15 is 0 Å². The highest BCUT2D eigenvalue weighted by molar-refractivity contribution is 7.94. The summed E-state index contributed by atoms with van der Waals surface area (Å²) in [5, 5.41) is 23.3. The molecule has 390 valence electrons. The first-order chi connectivity index (χ1) is 31.9. The summed E-state index contributed by atoms with van der Waals surface area (Å²) < 4.78 is 7.13. The lowest BCUT2D eigenvalue weighted by Gasteiger charge is -2.35. The molecule has 0 aromatic carbocycles. The van der Waals surface area contributed by atoms with Gasteiger partial charge >= 0.3 is 0 Å². The first kappa shape index (κ1) is 64.7. The van der Waals surface area contributed by atoms with Crippen LogP contribution in [-0.4, -0.2) is 78.4 Å². The van der Waals surface area contributed by atoms with Crippen molar-refractivity contribution in [3.63, 3.8) is 0 Å². The molecule has 0 fully saturated rings. The SMILES string of the molecule is CCCCCCCCCCCCCCCCCC[N+](C)(CCCCCCCCCCCCCCCCCC)CCCSOCC(CO)(CO)NC(=O)CCCCCCCCCCCCC. The Morgan fingerprint density at radius 2 is 0.677 bits per heavy atom. The van der Waals surface area contributed by atoms with Crippen LogP contribution in [0, 0.1) is 0 Å². The Labute approximate surface area is 412 Å². The summed E-state index contributed by atoms with van der Waals surface area (Å²) in [6.07, 6.45) is 60.4. The van der Waals surface area contributed by atoms with Crippen molar-refractivity contribution in [3.8, 4) is 0 Å². The maximum absolute atomic E-state index is 12.8. The van der Waals surface area contributed by atoms with Crippen molar-refractivity contribution in [1.82, 2.24) is 5.32 Å². The molecule has 0 saturated carbocycles. The van der Waals surface area contributed by atoms with E-state index in [-0.39, 0.29) is 25.7 Å². The number of aliphatic hydroxyl groups is 2. The van der Waals surface area contributed by atoms with Crippen LogP contribution in [0.5, 0.6) is 0 Å². The van der Waals surface area contributed by atoms with Gasteiger partial charge in [0.25, 0.3) is 0 Å². The zero-order valence-electron chi connectivity index (χ0n) is 44.8. The van der Waals surface area contributed by atoms with Gasteiger partial charge in [0.1, 0.15) is 5.54 Å². The summed E-state index contributed by atoms with van der Waals surface area (Å²) in [4.78, 5) is 12.8. The molecule has 7 heteroatoms. The minimum atomic E-state index is -1.13. The number of hydrogen-bond donors (Lipinski definition) is 3. The summed E-state index contributed by atoms with van der Waals surface area (Å²) >= 11 is 1.43. The zero-order valence-corrected chi connectivity index (χ0v) is 45.7. The second kappa shape index (κ2) is 51.5. The number of carbonyl (C=O) groups excluding carboxylic acids is 1. The third kappa shape index (κ3) is 45.8. The summed E-state index contributed by atoms with van der Waals surface area (Å²) in [6.45, 7) is 10.0. The number of nitrogens with zero attached hydrogens (tertiary/aromatic N) is 1. The van der Waals surface area contributed by atoms with E-state index in [9.17, 15) is 15.0 Å². The van der Waals surface area contributed by atoms with Gasteiger partial charge in [0, 0.05) is 18.6 Å².